The van der Waals surface area contributed by atoms with E-state index in [0.29, 0.717) is 7.25 Å². The van der Waals surface area contributed by atoms with E-state index in [1.165, 1.54) is 98.7 Å². The Morgan fingerprint density at radius 1 is 0.404 bits per heavy atom. The van der Waals surface area contributed by atoms with Gasteiger partial charge in [0.15, 0.2) is 0 Å². The van der Waals surface area contributed by atoms with Crippen LogP contribution in [0.25, 0.3) is 77.5 Å². The van der Waals surface area contributed by atoms with E-state index >= 15 is 0 Å². The molecule has 0 aromatic heterocycles. The number of fused-ring (bicyclic) bond motifs is 6. The summed E-state index contributed by atoms with van der Waals surface area (Å²) in [5.41, 5.74) is 14.4. The van der Waals surface area contributed by atoms with E-state index in [4.69, 9.17) is 0 Å². The molecule has 52 heavy (non-hydrogen) atoms. The van der Waals surface area contributed by atoms with E-state index in [1.807, 2.05) is 0 Å². The predicted molar refractivity (Wildman–Crippen MR) is 227 cm³/mol. The zero-order valence-corrected chi connectivity index (χ0v) is 34.2. The molecule has 0 aliphatic heterocycles. The molecule has 2 atom stereocenters. The predicted octanol–water partition coefficient (Wildman–Crippen LogP) is 13.6. The van der Waals surface area contributed by atoms with Gasteiger partial charge in [-0.25, -0.2) is 0 Å². The maximum atomic E-state index is 2.75. The van der Waals surface area contributed by atoms with Crippen LogP contribution < -0.4 is 0 Å². The van der Waals surface area contributed by atoms with Crippen LogP contribution in [0.3, 0.4) is 0 Å². The Hall–Kier alpha value is -4.62. The van der Waals surface area contributed by atoms with Crippen molar-refractivity contribution in [1.29, 1.82) is 0 Å². The van der Waals surface area contributed by atoms with Crippen LogP contribution in [0.4, 0.5) is 0 Å². The molecule has 250 valence electrons. The zero-order valence-electron chi connectivity index (χ0n) is 30.4. The average molecular weight is 762 g/mol. The fourth-order valence-electron chi connectivity index (χ4n) is 10.7. The van der Waals surface area contributed by atoms with Crippen LogP contribution in [0.15, 0.2) is 157 Å². The molecule has 8 aromatic rings. The first-order valence-corrected chi connectivity index (χ1v) is 32.4. The molecule has 0 saturated heterocycles. The summed E-state index contributed by atoms with van der Waals surface area (Å²) in [5, 5.41) is 10.4. The molecule has 0 N–H and O–H groups in total. The van der Waals surface area contributed by atoms with Crippen molar-refractivity contribution in [3.63, 3.8) is 0 Å². The summed E-state index contributed by atoms with van der Waals surface area (Å²) in [6.45, 7) is 7.28. The average Bonchev–Trinajstić information content (AvgIpc) is 3.69. The number of benzene rings is 8. The van der Waals surface area contributed by atoms with Gasteiger partial charge < -0.3 is 0 Å². The van der Waals surface area contributed by atoms with Crippen LogP contribution in [-0.4, -0.2) is 6.88 Å². The van der Waals surface area contributed by atoms with Gasteiger partial charge in [0.2, 0.25) is 0 Å². The minimum absolute atomic E-state index is 0.470. The summed E-state index contributed by atoms with van der Waals surface area (Å²) >= 11 is -3.72. The Bertz CT molecular complexity index is 2770. The molecule has 0 nitrogen and oxygen atoms in total. The Morgan fingerprint density at radius 3 is 1.17 bits per heavy atom. The van der Waals surface area contributed by atoms with E-state index in [0.717, 1.165) is 0 Å². The van der Waals surface area contributed by atoms with E-state index in [2.05, 4.69) is 188 Å². The van der Waals surface area contributed by atoms with Gasteiger partial charge in [0.25, 0.3) is 0 Å². The summed E-state index contributed by atoms with van der Waals surface area (Å²) < 4.78 is 6.44. The van der Waals surface area contributed by atoms with Gasteiger partial charge in [-0.3, -0.25) is 0 Å². The molecule has 0 amide bonds. The Labute approximate surface area is 309 Å². The standard InChI is InChI=1S/2C24H17.2CH3.H2Si.Zr/c2*1-16-12-19-8-4-10-21(23(19)13-16)22-11-5-9-20-14-17-6-2-3-7-18(17)15-24(20)22;;;;/h2*2-15H,1H3;2*1H3;1H2;. The van der Waals surface area contributed by atoms with Gasteiger partial charge in [-0.15, -0.1) is 0 Å². The number of hydrogen-bond acceptors (Lipinski definition) is 0. The van der Waals surface area contributed by atoms with Crippen LogP contribution in [-0.2, 0) is 17.4 Å². The van der Waals surface area contributed by atoms with Crippen molar-refractivity contribution in [2.24, 2.45) is 0 Å². The Balaban J connectivity index is 1.11. The third kappa shape index (κ3) is 4.74. The first-order chi connectivity index (χ1) is 25.1. The molecule has 0 radical (unpaired) electrons. The third-order valence-electron chi connectivity index (χ3n) is 12.5. The number of hydrogen-bond donors (Lipinski definition) is 0. The van der Waals surface area contributed by atoms with Crippen molar-refractivity contribution in [2.45, 2.75) is 30.4 Å². The first-order valence-electron chi connectivity index (χ1n) is 18.7. The topological polar surface area (TPSA) is 0 Å². The van der Waals surface area contributed by atoms with Crippen LogP contribution in [0, 0.1) is 0 Å². The molecular weight excluding hydrogens is 720 g/mol. The van der Waals surface area contributed by atoms with Crippen molar-refractivity contribution < 1.29 is 17.4 Å². The van der Waals surface area contributed by atoms with E-state index in [9.17, 15) is 0 Å². The first kappa shape index (κ1) is 32.1. The van der Waals surface area contributed by atoms with Crippen LogP contribution in [0.1, 0.15) is 43.4 Å². The van der Waals surface area contributed by atoms with Crippen LogP contribution in [0.2, 0.25) is 9.26 Å². The summed E-state index contributed by atoms with van der Waals surface area (Å²) in [6.07, 6.45) is 5.10. The summed E-state index contributed by atoms with van der Waals surface area (Å²) in [4.78, 5) is 0. The Morgan fingerprint density at radius 2 is 0.750 bits per heavy atom. The van der Waals surface area contributed by atoms with Gasteiger partial charge >= 0.3 is 311 Å². The van der Waals surface area contributed by atoms with Gasteiger partial charge in [0.1, 0.15) is 0 Å². The number of rotatable bonds is 4. The van der Waals surface area contributed by atoms with E-state index in [-0.39, 0.29) is 0 Å². The van der Waals surface area contributed by atoms with Gasteiger partial charge in [-0.05, 0) is 0 Å². The fraction of sp³-hybridized carbons (Fsp3) is 0.120. The van der Waals surface area contributed by atoms with Crippen LogP contribution >= 0.6 is 0 Å². The van der Waals surface area contributed by atoms with E-state index < -0.39 is 17.4 Å². The molecule has 2 heteroatoms. The van der Waals surface area contributed by atoms with Gasteiger partial charge in [-0.2, -0.15) is 0 Å². The monoisotopic (exact) mass is 760 g/mol. The SMILES string of the molecule is CC1=Cc2c(-c3cccc4cc5ccccc5cc34)cccc2[CH]1[Zr]([CH3])([CH3])(=[SiH2])[CH]1C(C)=Cc2c(-c3cccc4cc5ccccc5cc34)cccc21. The fourth-order valence-corrected chi connectivity index (χ4v) is 31.9. The van der Waals surface area contributed by atoms with Gasteiger partial charge in [0.05, 0.1) is 0 Å². The van der Waals surface area contributed by atoms with Crippen molar-refractivity contribution in [2.75, 3.05) is 0 Å². The maximum absolute atomic E-state index is 3.72. The quantitative estimate of drug-likeness (QED) is 0.124. The van der Waals surface area contributed by atoms with Crippen molar-refractivity contribution >= 4 is 62.1 Å². The molecule has 0 fully saturated rings. The van der Waals surface area contributed by atoms with Crippen molar-refractivity contribution in [1.82, 2.24) is 0 Å². The molecule has 2 aliphatic rings. The molecule has 10 rings (SSSR count). The van der Waals surface area contributed by atoms with E-state index in [1.54, 1.807) is 0 Å². The third-order valence-corrected chi connectivity index (χ3v) is 30.4. The molecule has 0 heterocycles. The molecule has 2 aliphatic carbocycles. The summed E-state index contributed by atoms with van der Waals surface area (Å²) in [5.74, 6) is 0. The summed E-state index contributed by atoms with van der Waals surface area (Å²) in [6, 6.07) is 54.9. The number of allylic oxidation sites excluding steroid dienone is 2. The van der Waals surface area contributed by atoms with Crippen molar-refractivity contribution in [3.05, 3.63) is 179 Å². The second-order valence-corrected chi connectivity index (χ2v) is 47.1. The Kier molecular flexibility index (Phi) is 7.05. The molecule has 0 bridgehead atoms. The zero-order chi connectivity index (χ0) is 35.4. The van der Waals surface area contributed by atoms with Gasteiger partial charge in [0, 0.05) is 0 Å². The molecule has 8 aromatic carbocycles. The molecule has 2 unspecified atom stereocenters. The summed E-state index contributed by atoms with van der Waals surface area (Å²) in [7, 11) is 0. The molecule has 0 spiro atoms. The second-order valence-electron chi connectivity index (χ2n) is 16.6. The normalized spacial score (nSPS) is 17.1. The second kappa shape index (κ2) is 11.4. The van der Waals surface area contributed by atoms with Gasteiger partial charge in [-0.1, -0.05) is 0 Å². The minimum atomic E-state index is -3.72. The van der Waals surface area contributed by atoms with Crippen molar-refractivity contribution in [3.8, 4) is 22.3 Å². The van der Waals surface area contributed by atoms with Crippen LogP contribution in [0.5, 0.6) is 0 Å². The molecular formula is C50H42SiZr. The molecule has 0 saturated carbocycles.